The normalized spacial score (nSPS) is 9.88. The summed E-state index contributed by atoms with van der Waals surface area (Å²) in [5.74, 6) is 0.750. The molecule has 2 aromatic heterocycles. The van der Waals surface area contributed by atoms with Crippen LogP contribution in [0.15, 0.2) is 29.8 Å². The maximum absolute atomic E-state index is 8.79. The van der Waals surface area contributed by atoms with Gasteiger partial charge in [-0.15, -0.1) is 11.3 Å². The van der Waals surface area contributed by atoms with Crippen molar-refractivity contribution in [1.82, 2.24) is 4.98 Å². The van der Waals surface area contributed by atoms with Crippen molar-refractivity contribution in [1.29, 1.82) is 5.26 Å². The Morgan fingerprint density at radius 1 is 1.47 bits per heavy atom. The number of thiophene rings is 1. The van der Waals surface area contributed by atoms with E-state index in [1.807, 2.05) is 0 Å². The minimum Gasteiger partial charge on any atom is -0.365 e. The maximum atomic E-state index is 8.79. The molecule has 1 N–H and O–H groups in total. The van der Waals surface area contributed by atoms with Crippen LogP contribution in [0.25, 0.3) is 0 Å². The molecular weight excluding hydrogens is 230 g/mol. The van der Waals surface area contributed by atoms with Crippen LogP contribution in [0.5, 0.6) is 0 Å². The summed E-state index contributed by atoms with van der Waals surface area (Å²) in [6.45, 7) is 2.92. The molecule has 0 spiro atoms. The van der Waals surface area contributed by atoms with Crippen LogP contribution in [0.2, 0.25) is 0 Å². The van der Waals surface area contributed by atoms with Gasteiger partial charge < -0.3 is 5.32 Å². The molecule has 0 aliphatic carbocycles. The third-order valence-corrected chi connectivity index (χ3v) is 3.50. The Kier molecular flexibility index (Phi) is 3.73. The molecule has 0 aromatic carbocycles. The Labute approximate surface area is 105 Å². The number of nitrogens with zero attached hydrogens (tertiary/aromatic N) is 2. The van der Waals surface area contributed by atoms with Crippen LogP contribution in [-0.4, -0.2) is 4.98 Å². The van der Waals surface area contributed by atoms with Crippen LogP contribution in [0.1, 0.15) is 22.9 Å². The summed E-state index contributed by atoms with van der Waals surface area (Å²) in [4.78, 5) is 5.51. The van der Waals surface area contributed by atoms with Gasteiger partial charge >= 0.3 is 0 Å². The van der Waals surface area contributed by atoms with Gasteiger partial charge in [0, 0.05) is 11.1 Å². The Balaban J connectivity index is 2.05. The van der Waals surface area contributed by atoms with Crippen molar-refractivity contribution >= 4 is 17.2 Å². The van der Waals surface area contributed by atoms with E-state index in [9.17, 15) is 0 Å². The monoisotopic (exact) mass is 243 g/mol. The second kappa shape index (κ2) is 5.46. The lowest BCUT2D eigenvalue weighted by molar-refractivity contribution is 1.07. The zero-order chi connectivity index (χ0) is 12.1. The first-order valence-corrected chi connectivity index (χ1v) is 6.36. The fraction of sp³-hybridized carbons (Fsp3) is 0.231. The molecule has 0 unspecified atom stereocenters. The van der Waals surface area contributed by atoms with E-state index in [2.05, 4.69) is 34.7 Å². The molecule has 2 rings (SSSR count). The highest BCUT2D eigenvalue weighted by Gasteiger charge is 2.02. The molecule has 0 bridgehead atoms. The van der Waals surface area contributed by atoms with E-state index in [0.29, 0.717) is 5.56 Å². The second-order valence-corrected chi connectivity index (χ2v) is 4.62. The molecule has 0 aliphatic rings. The lowest BCUT2D eigenvalue weighted by atomic mass is 10.2. The number of aromatic nitrogens is 1. The minimum absolute atomic E-state index is 0.629. The molecule has 17 heavy (non-hydrogen) atoms. The summed E-state index contributed by atoms with van der Waals surface area (Å²) >= 11 is 1.75. The van der Waals surface area contributed by atoms with E-state index in [1.165, 1.54) is 10.4 Å². The largest absolute Gasteiger partial charge is 0.365 e. The molecule has 0 fully saturated rings. The second-order valence-electron chi connectivity index (χ2n) is 3.62. The fourth-order valence-corrected chi connectivity index (χ4v) is 2.52. The minimum atomic E-state index is 0.629. The van der Waals surface area contributed by atoms with E-state index in [4.69, 9.17) is 5.26 Å². The molecule has 0 saturated heterocycles. The summed E-state index contributed by atoms with van der Waals surface area (Å²) in [5.41, 5.74) is 2.00. The van der Waals surface area contributed by atoms with Gasteiger partial charge in [-0.3, -0.25) is 0 Å². The molecule has 4 heteroatoms. The third kappa shape index (κ3) is 2.83. The first-order chi connectivity index (χ1) is 8.33. The van der Waals surface area contributed by atoms with Gasteiger partial charge in [0.05, 0.1) is 18.2 Å². The van der Waals surface area contributed by atoms with Gasteiger partial charge in [-0.05, 0) is 35.6 Å². The standard InChI is InChI=1S/C13H13N3S/c1-2-11-4-6-17-12(11)9-16-13-7-10(8-14)3-5-15-13/h3-7H,2,9H2,1H3,(H,15,16). The predicted molar refractivity (Wildman–Crippen MR) is 70.0 cm³/mol. The number of rotatable bonds is 4. The van der Waals surface area contributed by atoms with E-state index in [0.717, 1.165) is 18.8 Å². The Bertz CT molecular complexity index is 540. The van der Waals surface area contributed by atoms with Gasteiger partial charge in [0.25, 0.3) is 0 Å². The van der Waals surface area contributed by atoms with E-state index < -0.39 is 0 Å². The molecule has 86 valence electrons. The topological polar surface area (TPSA) is 48.7 Å². The number of pyridine rings is 1. The molecule has 2 aromatic rings. The van der Waals surface area contributed by atoms with Crippen molar-refractivity contribution < 1.29 is 0 Å². The lowest BCUT2D eigenvalue weighted by Crippen LogP contribution is -2.01. The number of anilines is 1. The van der Waals surface area contributed by atoms with Crippen molar-refractivity contribution in [3.63, 3.8) is 0 Å². The van der Waals surface area contributed by atoms with Gasteiger partial charge in [0.1, 0.15) is 5.82 Å². The quantitative estimate of drug-likeness (QED) is 0.897. The molecule has 0 atom stereocenters. The molecule has 0 saturated carbocycles. The molecule has 0 amide bonds. The smallest absolute Gasteiger partial charge is 0.127 e. The Morgan fingerprint density at radius 2 is 2.35 bits per heavy atom. The summed E-state index contributed by atoms with van der Waals surface area (Å²) in [7, 11) is 0. The van der Waals surface area contributed by atoms with Crippen molar-refractivity contribution in [2.24, 2.45) is 0 Å². The van der Waals surface area contributed by atoms with Crippen molar-refractivity contribution in [2.75, 3.05) is 5.32 Å². The van der Waals surface area contributed by atoms with E-state index in [-0.39, 0.29) is 0 Å². The highest BCUT2D eigenvalue weighted by molar-refractivity contribution is 7.10. The van der Waals surface area contributed by atoms with Gasteiger partial charge in [-0.1, -0.05) is 6.92 Å². The number of aryl methyl sites for hydroxylation is 1. The number of hydrogen-bond donors (Lipinski definition) is 1. The molecule has 0 radical (unpaired) electrons. The maximum Gasteiger partial charge on any atom is 0.127 e. The number of nitriles is 1. The fourth-order valence-electron chi connectivity index (χ4n) is 1.60. The average Bonchev–Trinajstić information content (AvgIpc) is 2.84. The zero-order valence-electron chi connectivity index (χ0n) is 9.60. The highest BCUT2D eigenvalue weighted by atomic mass is 32.1. The van der Waals surface area contributed by atoms with Gasteiger partial charge in [-0.25, -0.2) is 4.98 Å². The lowest BCUT2D eigenvalue weighted by Gasteiger charge is -2.05. The zero-order valence-corrected chi connectivity index (χ0v) is 10.4. The number of hydrogen-bond acceptors (Lipinski definition) is 4. The third-order valence-electron chi connectivity index (χ3n) is 2.54. The van der Waals surface area contributed by atoms with Crippen molar-refractivity contribution in [3.8, 4) is 6.07 Å². The van der Waals surface area contributed by atoms with Crippen molar-refractivity contribution in [2.45, 2.75) is 19.9 Å². The summed E-state index contributed by atoms with van der Waals surface area (Å²) in [6, 6.07) is 7.72. The first kappa shape index (κ1) is 11.6. The van der Waals surface area contributed by atoms with Gasteiger partial charge in [0.15, 0.2) is 0 Å². The summed E-state index contributed by atoms with van der Waals surface area (Å²) in [6.07, 6.45) is 2.70. The van der Waals surface area contributed by atoms with E-state index in [1.54, 1.807) is 29.7 Å². The van der Waals surface area contributed by atoms with Crippen LogP contribution in [0.4, 0.5) is 5.82 Å². The SMILES string of the molecule is CCc1ccsc1CNc1cc(C#N)ccn1. The highest BCUT2D eigenvalue weighted by Crippen LogP contribution is 2.18. The predicted octanol–water partition coefficient (Wildman–Crippen LogP) is 3.19. The van der Waals surface area contributed by atoms with Crippen LogP contribution in [0.3, 0.4) is 0 Å². The molecular formula is C13H13N3S. The molecule has 0 aliphatic heterocycles. The van der Waals surface area contributed by atoms with Crippen molar-refractivity contribution in [3.05, 3.63) is 45.8 Å². The van der Waals surface area contributed by atoms with Crippen LogP contribution in [-0.2, 0) is 13.0 Å². The van der Waals surface area contributed by atoms with Gasteiger partial charge in [-0.2, -0.15) is 5.26 Å². The van der Waals surface area contributed by atoms with E-state index >= 15 is 0 Å². The van der Waals surface area contributed by atoms with Crippen LogP contribution >= 0.6 is 11.3 Å². The Hall–Kier alpha value is -1.86. The Morgan fingerprint density at radius 3 is 3.12 bits per heavy atom. The average molecular weight is 243 g/mol. The summed E-state index contributed by atoms with van der Waals surface area (Å²) < 4.78 is 0. The molecule has 2 heterocycles. The van der Waals surface area contributed by atoms with Crippen LogP contribution in [0, 0.1) is 11.3 Å². The number of nitrogens with one attached hydrogen (secondary N) is 1. The van der Waals surface area contributed by atoms with Gasteiger partial charge in [0.2, 0.25) is 0 Å². The first-order valence-electron chi connectivity index (χ1n) is 5.48. The molecule has 3 nitrogen and oxygen atoms in total. The summed E-state index contributed by atoms with van der Waals surface area (Å²) in [5, 5.41) is 14.1. The van der Waals surface area contributed by atoms with Crippen LogP contribution < -0.4 is 5.32 Å².